The van der Waals surface area contributed by atoms with E-state index in [0.29, 0.717) is 12.2 Å². The van der Waals surface area contributed by atoms with Crippen LogP contribution in [0.4, 0.5) is 30.1 Å². The van der Waals surface area contributed by atoms with Crippen LogP contribution in [0.5, 0.6) is 0 Å². The number of anilines is 2. The molecule has 0 aromatic heterocycles. The van der Waals surface area contributed by atoms with Crippen LogP contribution in [0.3, 0.4) is 0 Å². The first-order valence-electron chi connectivity index (χ1n) is 12.5. The summed E-state index contributed by atoms with van der Waals surface area (Å²) >= 11 is 0. The average molecular weight is 529 g/mol. The van der Waals surface area contributed by atoms with Crippen molar-refractivity contribution in [1.29, 1.82) is 0 Å². The third kappa shape index (κ3) is 6.45. The van der Waals surface area contributed by atoms with Gasteiger partial charge in [0.1, 0.15) is 24.1 Å². The molecule has 2 aliphatic heterocycles. The van der Waals surface area contributed by atoms with Crippen LogP contribution in [0.1, 0.15) is 33.3 Å². The van der Waals surface area contributed by atoms with Gasteiger partial charge in [0.2, 0.25) is 0 Å². The lowest BCUT2D eigenvalue weighted by atomic mass is 10.2. The van der Waals surface area contributed by atoms with Gasteiger partial charge in [-0.1, -0.05) is 30.3 Å². The second kappa shape index (κ2) is 11.2. The van der Waals surface area contributed by atoms with Gasteiger partial charge in [-0.3, -0.25) is 4.90 Å². The highest BCUT2D eigenvalue weighted by atomic mass is 19.1. The molecule has 10 nitrogen and oxygen atoms in total. The molecule has 2 fully saturated rings. The first-order chi connectivity index (χ1) is 18.0. The molecule has 2 aromatic carbocycles. The Morgan fingerprint density at radius 1 is 1.00 bits per heavy atom. The van der Waals surface area contributed by atoms with Gasteiger partial charge in [-0.2, -0.15) is 0 Å². The largest absolute Gasteiger partial charge is 0.444 e. The van der Waals surface area contributed by atoms with Gasteiger partial charge >= 0.3 is 18.3 Å². The fourth-order valence-corrected chi connectivity index (χ4v) is 4.25. The SMILES string of the molecule is C[C@H]1CN(c2ccc(N3CCN(C(=O)OCc4ccccc4)N(C(=O)OC(C)(C)C)CC3)c(F)c2)C(=O)O1. The van der Waals surface area contributed by atoms with Gasteiger partial charge in [0.15, 0.2) is 0 Å². The van der Waals surface area contributed by atoms with E-state index in [1.54, 1.807) is 44.7 Å². The van der Waals surface area contributed by atoms with Crippen molar-refractivity contribution in [1.82, 2.24) is 10.0 Å². The minimum absolute atomic E-state index is 0.0374. The van der Waals surface area contributed by atoms with Gasteiger partial charge in [-0.25, -0.2) is 28.8 Å². The molecule has 0 bridgehead atoms. The number of halogens is 1. The van der Waals surface area contributed by atoms with E-state index in [2.05, 4.69) is 0 Å². The van der Waals surface area contributed by atoms with Crippen LogP contribution in [0, 0.1) is 5.82 Å². The standard InChI is InChI=1S/C27H33FN4O6/c1-19-17-30(24(33)37-19)21-10-11-23(22(28)16-21)29-12-14-31(25(34)36-18-20-8-6-5-7-9-20)32(15-13-29)26(35)38-27(2,3)4/h5-11,16,19H,12-15,17-18H2,1-4H3/t19-/m0/s1. The summed E-state index contributed by atoms with van der Waals surface area (Å²) in [5.74, 6) is -0.529. The number of amides is 3. The monoisotopic (exact) mass is 528 g/mol. The summed E-state index contributed by atoms with van der Waals surface area (Å²) in [6.07, 6.45) is -2.20. The third-order valence-corrected chi connectivity index (χ3v) is 6.02. The summed E-state index contributed by atoms with van der Waals surface area (Å²) in [7, 11) is 0. The molecule has 1 atom stereocenters. The van der Waals surface area contributed by atoms with Gasteiger partial charge in [-0.05, 0) is 51.5 Å². The number of ether oxygens (including phenoxy) is 3. The van der Waals surface area contributed by atoms with Crippen LogP contribution in [0.15, 0.2) is 48.5 Å². The van der Waals surface area contributed by atoms with E-state index < -0.39 is 29.7 Å². The highest BCUT2D eigenvalue weighted by Crippen LogP contribution is 2.29. The summed E-state index contributed by atoms with van der Waals surface area (Å²) < 4.78 is 31.4. The van der Waals surface area contributed by atoms with Crippen molar-refractivity contribution in [3.8, 4) is 0 Å². The van der Waals surface area contributed by atoms with E-state index in [0.717, 1.165) is 5.56 Å². The third-order valence-electron chi connectivity index (χ3n) is 6.02. The maximum atomic E-state index is 15.3. The quantitative estimate of drug-likeness (QED) is 0.528. The van der Waals surface area contributed by atoms with Crippen LogP contribution in [0.25, 0.3) is 0 Å². The smallest absolute Gasteiger partial charge is 0.429 e. The van der Waals surface area contributed by atoms with Gasteiger partial charge in [0.25, 0.3) is 0 Å². The van der Waals surface area contributed by atoms with Crippen molar-refractivity contribution in [3.63, 3.8) is 0 Å². The molecular weight excluding hydrogens is 495 g/mol. The van der Waals surface area contributed by atoms with Crippen molar-refractivity contribution in [2.24, 2.45) is 0 Å². The Balaban J connectivity index is 1.51. The normalized spacial score (nSPS) is 18.2. The molecule has 2 aliphatic rings. The summed E-state index contributed by atoms with van der Waals surface area (Å²) in [4.78, 5) is 41.3. The summed E-state index contributed by atoms with van der Waals surface area (Å²) in [6, 6.07) is 13.7. The maximum Gasteiger partial charge on any atom is 0.429 e. The van der Waals surface area contributed by atoms with E-state index in [-0.39, 0.29) is 44.6 Å². The number of carbonyl (C=O) groups excluding carboxylic acids is 3. The Morgan fingerprint density at radius 3 is 2.24 bits per heavy atom. The Morgan fingerprint density at radius 2 is 1.66 bits per heavy atom. The van der Waals surface area contributed by atoms with Crippen LogP contribution >= 0.6 is 0 Å². The van der Waals surface area contributed by atoms with E-state index >= 15 is 4.39 Å². The average Bonchev–Trinajstić information content (AvgIpc) is 3.06. The highest BCUT2D eigenvalue weighted by Gasteiger charge is 2.35. The summed E-state index contributed by atoms with van der Waals surface area (Å²) in [5, 5.41) is 2.40. The minimum Gasteiger partial charge on any atom is -0.444 e. The van der Waals surface area contributed by atoms with E-state index in [1.165, 1.54) is 21.0 Å². The molecule has 2 aromatic rings. The number of rotatable bonds is 4. The first kappa shape index (κ1) is 27.0. The van der Waals surface area contributed by atoms with Crippen molar-refractivity contribution in [2.75, 3.05) is 42.5 Å². The molecule has 3 amide bonds. The fraction of sp³-hybridized carbons (Fsp3) is 0.444. The predicted molar refractivity (Wildman–Crippen MR) is 138 cm³/mol. The van der Waals surface area contributed by atoms with Gasteiger partial charge in [0, 0.05) is 13.1 Å². The lowest BCUT2D eigenvalue weighted by Gasteiger charge is -2.33. The molecule has 0 spiro atoms. The molecule has 0 radical (unpaired) electrons. The van der Waals surface area contributed by atoms with Crippen molar-refractivity contribution in [2.45, 2.75) is 46.0 Å². The van der Waals surface area contributed by atoms with Crippen LogP contribution in [0.2, 0.25) is 0 Å². The molecule has 0 unspecified atom stereocenters. The lowest BCUT2D eigenvalue weighted by molar-refractivity contribution is -0.0421. The number of nitrogens with zero attached hydrogens (tertiary/aromatic N) is 4. The van der Waals surface area contributed by atoms with E-state index in [4.69, 9.17) is 14.2 Å². The van der Waals surface area contributed by atoms with Gasteiger partial charge < -0.3 is 19.1 Å². The molecule has 204 valence electrons. The van der Waals surface area contributed by atoms with Crippen molar-refractivity contribution < 1.29 is 33.0 Å². The van der Waals surface area contributed by atoms with Gasteiger partial charge in [0.05, 0.1) is 31.0 Å². The number of hydrogen-bond acceptors (Lipinski definition) is 7. The molecule has 4 rings (SSSR count). The second-order valence-electron chi connectivity index (χ2n) is 10.2. The zero-order valence-corrected chi connectivity index (χ0v) is 22.1. The fourth-order valence-electron chi connectivity index (χ4n) is 4.25. The van der Waals surface area contributed by atoms with Crippen LogP contribution in [-0.4, -0.2) is 72.7 Å². The van der Waals surface area contributed by atoms with Crippen molar-refractivity contribution >= 4 is 29.7 Å². The van der Waals surface area contributed by atoms with Gasteiger partial charge in [-0.15, -0.1) is 0 Å². The number of hydrazine groups is 1. The minimum atomic E-state index is -0.779. The zero-order chi connectivity index (χ0) is 27.4. The predicted octanol–water partition coefficient (Wildman–Crippen LogP) is 4.78. The molecule has 2 saturated heterocycles. The topological polar surface area (TPSA) is 91.9 Å². The second-order valence-corrected chi connectivity index (χ2v) is 10.2. The molecule has 2 heterocycles. The van der Waals surface area contributed by atoms with Crippen LogP contribution < -0.4 is 9.80 Å². The Hall–Kier alpha value is -4.02. The first-order valence-corrected chi connectivity index (χ1v) is 12.5. The summed E-state index contributed by atoms with van der Waals surface area (Å²) in [6.45, 7) is 7.95. The zero-order valence-electron chi connectivity index (χ0n) is 22.1. The number of hydrogen-bond donors (Lipinski definition) is 0. The molecular formula is C27H33FN4O6. The Labute approximate surface area is 221 Å². The van der Waals surface area contributed by atoms with Crippen molar-refractivity contribution in [3.05, 3.63) is 59.9 Å². The molecule has 38 heavy (non-hydrogen) atoms. The molecule has 11 heteroatoms. The number of carbonyl (C=O) groups is 3. The Bertz CT molecular complexity index is 1170. The van der Waals surface area contributed by atoms with E-state index in [1.807, 2.05) is 30.3 Å². The number of cyclic esters (lactones) is 1. The molecule has 0 saturated carbocycles. The summed E-state index contributed by atoms with van der Waals surface area (Å²) in [5.41, 5.74) is 0.716. The van der Waals surface area contributed by atoms with E-state index in [9.17, 15) is 14.4 Å². The number of benzene rings is 2. The Kier molecular flexibility index (Phi) is 7.94. The van der Waals surface area contributed by atoms with Crippen LogP contribution in [-0.2, 0) is 20.8 Å². The molecule has 0 aliphatic carbocycles. The maximum absolute atomic E-state index is 15.3. The highest BCUT2D eigenvalue weighted by molar-refractivity contribution is 5.90. The molecule has 0 N–H and O–H groups in total. The lowest BCUT2D eigenvalue weighted by Crippen LogP contribution is -2.52.